The van der Waals surface area contributed by atoms with Crippen molar-refractivity contribution in [2.45, 2.75) is 38.1 Å². The van der Waals surface area contributed by atoms with Crippen LogP contribution in [0.1, 0.15) is 30.9 Å². The SMILES string of the molecule is CCC1CN(C)CCCN1c1ccc(C)cc1CBr. The highest BCUT2D eigenvalue weighted by Gasteiger charge is 2.23. The lowest BCUT2D eigenvalue weighted by Crippen LogP contribution is -2.40. The van der Waals surface area contributed by atoms with Gasteiger partial charge in [0.25, 0.3) is 0 Å². The van der Waals surface area contributed by atoms with E-state index in [0.717, 1.165) is 5.33 Å². The van der Waals surface area contributed by atoms with Crippen molar-refractivity contribution in [2.75, 3.05) is 31.6 Å². The number of aryl methyl sites for hydroxylation is 1. The Morgan fingerprint density at radius 1 is 1.32 bits per heavy atom. The van der Waals surface area contributed by atoms with Gasteiger partial charge in [-0.3, -0.25) is 0 Å². The highest BCUT2D eigenvalue weighted by molar-refractivity contribution is 9.08. The molecule has 1 saturated heterocycles. The maximum atomic E-state index is 3.65. The minimum absolute atomic E-state index is 0.632. The van der Waals surface area contributed by atoms with E-state index in [4.69, 9.17) is 0 Å². The van der Waals surface area contributed by atoms with Crippen LogP contribution in [0.3, 0.4) is 0 Å². The Morgan fingerprint density at radius 2 is 2.11 bits per heavy atom. The van der Waals surface area contributed by atoms with Gasteiger partial charge in [-0.1, -0.05) is 40.5 Å². The van der Waals surface area contributed by atoms with Gasteiger partial charge in [0.05, 0.1) is 0 Å². The fourth-order valence-corrected chi connectivity index (χ4v) is 3.46. The van der Waals surface area contributed by atoms with Crippen molar-refractivity contribution in [3.63, 3.8) is 0 Å². The van der Waals surface area contributed by atoms with E-state index in [-0.39, 0.29) is 0 Å². The molecule has 0 N–H and O–H groups in total. The molecule has 0 radical (unpaired) electrons. The second-order valence-corrected chi connectivity index (χ2v) is 6.20. The molecule has 2 rings (SSSR count). The van der Waals surface area contributed by atoms with Gasteiger partial charge in [0.15, 0.2) is 0 Å². The van der Waals surface area contributed by atoms with Gasteiger partial charge in [0.2, 0.25) is 0 Å². The van der Waals surface area contributed by atoms with Crippen LogP contribution in [0.4, 0.5) is 5.69 Å². The van der Waals surface area contributed by atoms with Crippen molar-refractivity contribution in [1.82, 2.24) is 4.90 Å². The lowest BCUT2D eigenvalue weighted by atomic mass is 10.1. The molecule has 0 bridgehead atoms. The molecule has 3 heteroatoms. The molecule has 1 aliphatic rings. The number of nitrogens with zero attached hydrogens (tertiary/aromatic N) is 2. The summed E-state index contributed by atoms with van der Waals surface area (Å²) in [7, 11) is 2.24. The molecule has 1 aliphatic heterocycles. The molecule has 19 heavy (non-hydrogen) atoms. The molecule has 0 amide bonds. The molecule has 1 aromatic rings. The standard InChI is InChI=1S/C16H25BrN2/c1-4-15-12-18(3)8-5-9-19(15)16-7-6-13(2)10-14(16)11-17/h6-7,10,15H,4-5,8-9,11-12H2,1-3H3. The van der Waals surface area contributed by atoms with Crippen LogP contribution >= 0.6 is 15.9 Å². The van der Waals surface area contributed by atoms with Crippen LogP contribution < -0.4 is 4.90 Å². The van der Waals surface area contributed by atoms with E-state index in [1.807, 2.05) is 0 Å². The van der Waals surface area contributed by atoms with Gasteiger partial charge < -0.3 is 9.80 Å². The number of hydrogen-bond donors (Lipinski definition) is 0. The van der Waals surface area contributed by atoms with Gasteiger partial charge in [-0.15, -0.1) is 0 Å². The highest BCUT2D eigenvalue weighted by Crippen LogP contribution is 2.28. The van der Waals surface area contributed by atoms with Crippen LogP contribution in [0.2, 0.25) is 0 Å². The van der Waals surface area contributed by atoms with E-state index >= 15 is 0 Å². The Labute approximate surface area is 125 Å². The van der Waals surface area contributed by atoms with Crippen LogP contribution in [0.15, 0.2) is 18.2 Å². The zero-order valence-electron chi connectivity index (χ0n) is 12.3. The summed E-state index contributed by atoms with van der Waals surface area (Å²) in [5.41, 5.74) is 4.19. The van der Waals surface area contributed by atoms with Crippen LogP contribution in [0.25, 0.3) is 0 Å². The molecule has 0 saturated carbocycles. The van der Waals surface area contributed by atoms with Crippen LogP contribution in [-0.2, 0) is 5.33 Å². The Balaban J connectivity index is 2.32. The van der Waals surface area contributed by atoms with Crippen molar-refractivity contribution >= 4 is 21.6 Å². The summed E-state index contributed by atoms with van der Waals surface area (Å²) in [6.45, 7) is 8.03. The molecule has 1 heterocycles. The quantitative estimate of drug-likeness (QED) is 0.780. The molecule has 1 atom stereocenters. The van der Waals surface area contributed by atoms with Crippen molar-refractivity contribution in [3.8, 4) is 0 Å². The minimum atomic E-state index is 0.632. The van der Waals surface area contributed by atoms with Crippen LogP contribution in [0.5, 0.6) is 0 Å². The van der Waals surface area contributed by atoms with Gasteiger partial charge in [-0.05, 0) is 45.0 Å². The molecule has 106 valence electrons. The topological polar surface area (TPSA) is 6.48 Å². The third kappa shape index (κ3) is 3.51. The van der Waals surface area contributed by atoms with E-state index < -0.39 is 0 Å². The van der Waals surface area contributed by atoms with E-state index in [0.29, 0.717) is 6.04 Å². The smallest absolute Gasteiger partial charge is 0.0414 e. The maximum Gasteiger partial charge on any atom is 0.0414 e. The van der Waals surface area contributed by atoms with Gasteiger partial charge in [-0.2, -0.15) is 0 Å². The molecule has 1 aromatic carbocycles. The first-order valence-corrected chi connectivity index (χ1v) is 8.38. The first kappa shape index (κ1) is 14.9. The number of likely N-dealkylation sites (N-methyl/N-ethyl adjacent to an activating group) is 1. The molecule has 1 fully saturated rings. The second-order valence-electron chi connectivity index (χ2n) is 5.64. The number of halogens is 1. The normalized spacial score (nSPS) is 21.5. The highest BCUT2D eigenvalue weighted by atomic mass is 79.9. The first-order valence-electron chi connectivity index (χ1n) is 7.26. The molecule has 0 aliphatic carbocycles. The average Bonchev–Trinajstić information content (AvgIpc) is 2.60. The van der Waals surface area contributed by atoms with Gasteiger partial charge in [-0.25, -0.2) is 0 Å². The van der Waals surface area contributed by atoms with Crippen molar-refractivity contribution in [2.24, 2.45) is 0 Å². The van der Waals surface area contributed by atoms with E-state index in [9.17, 15) is 0 Å². The fourth-order valence-electron chi connectivity index (χ4n) is 3.01. The summed E-state index contributed by atoms with van der Waals surface area (Å²) < 4.78 is 0. The second kappa shape index (κ2) is 6.76. The van der Waals surface area contributed by atoms with Crippen molar-refractivity contribution in [1.29, 1.82) is 0 Å². The van der Waals surface area contributed by atoms with Crippen molar-refractivity contribution in [3.05, 3.63) is 29.3 Å². The van der Waals surface area contributed by atoms with Gasteiger partial charge >= 0.3 is 0 Å². The van der Waals surface area contributed by atoms with E-state index in [2.05, 4.69) is 64.8 Å². The lowest BCUT2D eigenvalue weighted by Gasteiger charge is -2.33. The molecule has 1 unspecified atom stereocenters. The molecule has 2 nitrogen and oxygen atoms in total. The van der Waals surface area contributed by atoms with E-state index in [1.165, 1.54) is 49.3 Å². The van der Waals surface area contributed by atoms with E-state index in [1.54, 1.807) is 0 Å². The summed E-state index contributed by atoms with van der Waals surface area (Å²) in [5.74, 6) is 0. The number of hydrogen-bond acceptors (Lipinski definition) is 2. The first-order chi connectivity index (χ1) is 9.15. The summed E-state index contributed by atoms with van der Waals surface area (Å²) in [5, 5.41) is 0.937. The van der Waals surface area contributed by atoms with Crippen LogP contribution in [0, 0.1) is 6.92 Å². The Morgan fingerprint density at radius 3 is 2.79 bits per heavy atom. The lowest BCUT2D eigenvalue weighted by molar-refractivity contribution is 0.328. The summed E-state index contributed by atoms with van der Waals surface area (Å²) in [4.78, 5) is 5.09. The number of benzene rings is 1. The summed E-state index contributed by atoms with van der Waals surface area (Å²) in [6, 6.07) is 7.49. The van der Waals surface area contributed by atoms with Gasteiger partial charge in [0, 0.05) is 30.1 Å². The number of anilines is 1. The Hall–Kier alpha value is -0.540. The molecule has 0 spiro atoms. The largest absolute Gasteiger partial charge is 0.367 e. The zero-order chi connectivity index (χ0) is 13.8. The Kier molecular flexibility index (Phi) is 5.28. The van der Waals surface area contributed by atoms with Crippen molar-refractivity contribution < 1.29 is 0 Å². The van der Waals surface area contributed by atoms with Gasteiger partial charge in [0.1, 0.15) is 0 Å². The van der Waals surface area contributed by atoms with Crippen LogP contribution in [-0.4, -0.2) is 37.6 Å². The zero-order valence-corrected chi connectivity index (χ0v) is 13.9. The average molecular weight is 325 g/mol. The predicted octanol–water partition coefficient (Wildman–Crippen LogP) is 3.81. The third-order valence-corrected chi connectivity index (χ3v) is 4.67. The number of rotatable bonds is 3. The predicted molar refractivity (Wildman–Crippen MR) is 87.3 cm³/mol. The molecular weight excluding hydrogens is 300 g/mol. The summed E-state index contributed by atoms with van der Waals surface area (Å²) in [6.07, 6.45) is 2.46. The monoisotopic (exact) mass is 324 g/mol. The maximum absolute atomic E-state index is 3.65. The molecule has 0 aromatic heterocycles. The molecular formula is C16H25BrN2. The summed E-state index contributed by atoms with van der Waals surface area (Å²) >= 11 is 3.65. The number of alkyl halides is 1. The fraction of sp³-hybridized carbons (Fsp3) is 0.625. The minimum Gasteiger partial charge on any atom is -0.367 e. The Bertz CT molecular complexity index is 419. The third-order valence-electron chi connectivity index (χ3n) is 4.06.